The van der Waals surface area contributed by atoms with Crippen LogP contribution in [0.2, 0.25) is 5.02 Å². The number of nitrogens with two attached hydrogens (primary N) is 1. The Morgan fingerprint density at radius 3 is 2.26 bits per heavy atom. The first-order chi connectivity index (χ1) is 9.10. The molecule has 0 aliphatic heterocycles. The average molecular weight is 294 g/mol. The SMILES string of the molecule is COc1ccc(Oc2ccc(C(N)=S)cc2Cl)cc1. The lowest BCUT2D eigenvalue weighted by atomic mass is 10.2. The Balaban J connectivity index is 2.20. The van der Waals surface area contributed by atoms with Crippen molar-refractivity contribution in [3.63, 3.8) is 0 Å². The van der Waals surface area contributed by atoms with Gasteiger partial charge in [-0.1, -0.05) is 23.8 Å². The zero-order valence-corrected chi connectivity index (χ0v) is 11.8. The molecule has 2 aromatic rings. The van der Waals surface area contributed by atoms with Crippen LogP contribution in [0.3, 0.4) is 0 Å². The van der Waals surface area contributed by atoms with E-state index >= 15 is 0 Å². The van der Waals surface area contributed by atoms with E-state index in [2.05, 4.69) is 0 Å². The molecule has 0 unspecified atom stereocenters. The largest absolute Gasteiger partial charge is 0.497 e. The predicted octanol–water partition coefficient (Wildman–Crippen LogP) is 3.78. The summed E-state index contributed by atoms with van der Waals surface area (Å²) >= 11 is 11.0. The summed E-state index contributed by atoms with van der Waals surface area (Å²) in [4.78, 5) is 0.304. The molecule has 0 spiro atoms. The molecule has 2 rings (SSSR count). The molecule has 0 bridgehead atoms. The van der Waals surface area contributed by atoms with Crippen LogP contribution in [0.5, 0.6) is 17.2 Å². The van der Waals surface area contributed by atoms with Gasteiger partial charge >= 0.3 is 0 Å². The van der Waals surface area contributed by atoms with E-state index in [1.165, 1.54) is 0 Å². The van der Waals surface area contributed by atoms with Gasteiger partial charge in [0.2, 0.25) is 0 Å². The van der Waals surface area contributed by atoms with E-state index in [9.17, 15) is 0 Å². The zero-order valence-electron chi connectivity index (χ0n) is 10.2. The van der Waals surface area contributed by atoms with Gasteiger partial charge in [-0.15, -0.1) is 0 Å². The van der Waals surface area contributed by atoms with Crippen molar-refractivity contribution < 1.29 is 9.47 Å². The fraction of sp³-hybridized carbons (Fsp3) is 0.0714. The quantitative estimate of drug-likeness (QED) is 0.872. The fourth-order valence-corrected chi connectivity index (χ4v) is 1.85. The second-order valence-corrected chi connectivity index (χ2v) is 4.63. The standard InChI is InChI=1S/C14H12ClNO2S/c1-17-10-3-5-11(6-4-10)18-13-7-2-9(14(16)19)8-12(13)15/h2-8H,1H3,(H2,16,19). The van der Waals surface area contributed by atoms with E-state index in [-0.39, 0.29) is 0 Å². The lowest BCUT2D eigenvalue weighted by Gasteiger charge is -2.09. The third-order valence-corrected chi connectivity index (χ3v) is 3.03. The highest BCUT2D eigenvalue weighted by atomic mass is 35.5. The molecular formula is C14H12ClNO2S. The highest BCUT2D eigenvalue weighted by molar-refractivity contribution is 7.80. The summed E-state index contributed by atoms with van der Waals surface area (Å²) in [5, 5.41) is 0.459. The molecular weight excluding hydrogens is 282 g/mol. The number of thiocarbonyl (C=S) groups is 1. The predicted molar refractivity (Wildman–Crippen MR) is 80.4 cm³/mol. The van der Waals surface area contributed by atoms with Gasteiger partial charge in [0.05, 0.1) is 12.1 Å². The number of hydrogen-bond acceptors (Lipinski definition) is 3. The molecule has 0 fully saturated rings. The minimum absolute atomic E-state index is 0.304. The van der Waals surface area contributed by atoms with Gasteiger partial charge in [0, 0.05) is 5.56 Å². The van der Waals surface area contributed by atoms with Gasteiger partial charge in [-0.2, -0.15) is 0 Å². The van der Waals surface area contributed by atoms with Gasteiger partial charge in [-0.3, -0.25) is 0 Å². The van der Waals surface area contributed by atoms with E-state index in [1.807, 2.05) is 12.1 Å². The van der Waals surface area contributed by atoms with E-state index in [0.29, 0.717) is 27.1 Å². The zero-order chi connectivity index (χ0) is 13.8. The molecule has 0 radical (unpaired) electrons. The summed E-state index contributed by atoms with van der Waals surface area (Å²) in [6.07, 6.45) is 0. The lowest BCUT2D eigenvalue weighted by molar-refractivity contribution is 0.413. The maximum atomic E-state index is 6.12. The monoisotopic (exact) mass is 293 g/mol. The molecule has 5 heteroatoms. The summed E-state index contributed by atoms with van der Waals surface area (Å²) in [6, 6.07) is 12.4. The smallest absolute Gasteiger partial charge is 0.146 e. The van der Waals surface area contributed by atoms with Gasteiger partial charge in [0.1, 0.15) is 22.2 Å². The summed E-state index contributed by atoms with van der Waals surface area (Å²) in [5.74, 6) is 1.99. The van der Waals surface area contributed by atoms with Crippen LogP contribution in [-0.2, 0) is 0 Å². The first kappa shape index (κ1) is 13.6. The molecule has 0 atom stereocenters. The summed E-state index contributed by atoms with van der Waals surface area (Å²) in [5.41, 5.74) is 6.25. The minimum Gasteiger partial charge on any atom is -0.497 e. The summed E-state index contributed by atoms with van der Waals surface area (Å²) in [7, 11) is 1.61. The van der Waals surface area contributed by atoms with Gasteiger partial charge in [0.15, 0.2) is 0 Å². The van der Waals surface area contributed by atoms with Crippen LogP contribution in [0.1, 0.15) is 5.56 Å². The third kappa shape index (κ3) is 3.36. The van der Waals surface area contributed by atoms with Crippen molar-refractivity contribution in [1.29, 1.82) is 0 Å². The molecule has 0 aliphatic rings. The van der Waals surface area contributed by atoms with Gasteiger partial charge in [-0.25, -0.2) is 0 Å². The second kappa shape index (κ2) is 5.91. The average Bonchev–Trinajstić information content (AvgIpc) is 2.41. The molecule has 2 aromatic carbocycles. The number of benzene rings is 2. The lowest BCUT2D eigenvalue weighted by Crippen LogP contribution is -2.08. The Morgan fingerprint density at radius 2 is 1.74 bits per heavy atom. The van der Waals surface area contributed by atoms with Crippen molar-refractivity contribution in [2.24, 2.45) is 5.73 Å². The van der Waals surface area contributed by atoms with Gasteiger partial charge < -0.3 is 15.2 Å². The highest BCUT2D eigenvalue weighted by Crippen LogP contribution is 2.30. The summed E-state index contributed by atoms with van der Waals surface area (Å²) < 4.78 is 10.7. The van der Waals surface area contributed by atoms with Gasteiger partial charge in [-0.05, 0) is 42.5 Å². The highest BCUT2D eigenvalue weighted by Gasteiger charge is 2.06. The van der Waals surface area contributed by atoms with E-state index in [0.717, 1.165) is 5.75 Å². The van der Waals surface area contributed by atoms with Crippen LogP contribution < -0.4 is 15.2 Å². The van der Waals surface area contributed by atoms with Crippen LogP contribution in [0, 0.1) is 0 Å². The van der Waals surface area contributed by atoms with Crippen LogP contribution in [0.25, 0.3) is 0 Å². The van der Waals surface area contributed by atoms with Crippen molar-refractivity contribution in [2.75, 3.05) is 7.11 Å². The van der Waals surface area contributed by atoms with E-state index in [4.69, 9.17) is 39.0 Å². The number of halogens is 1. The topological polar surface area (TPSA) is 44.5 Å². The van der Waals surface area contributed by atoms with Crippen LogP contribution in [-0.4, -0.2) is 12.1 Å². The fourth-order valence-electron chi connectivity index (χ4n) is 1.51. The molecule has 0 heterocycles. The Kier molecular flexibility index (Phi) is 4.24. The molecule has 19 heavy (non-hydrogen) atoms. The van der Waals surface area contributed by atoms with Crippen LogP contribution >= 0.6 is 23.8 Å². The van der Waals surface area contributed by atoms with Crippen LogP contribution in [0.15, 0.2) is 42.5 Å². The van der Waals surface area contributed by atoms with Crippen molar-refractivity contribution in [3.8, 4) is 17.2 Å². The third-order valence-electron chi connectivity index (χ3n) is 2.50. The number of rotatable bonds is 4. The number of methoxy groups -OCH3 is 1. The minimum atomic E-state index is 0.304. The van der Waals surface area contributed by atoms with Crippen molar-refractivity contribution >= 4 is 28.8 Å². The number of ether oxygens (including phenoxy) is 2. The summed E-state index contributed by atoms with van der Waals surface area (Å²) in [6.45, 7) is 0. The first-order valence-corrected chi connectivity index (χ1v) is 6.30. The Morgan fingerprint density at radius 1 is 1.11 bits per heavy atom. The Labute approximate surface area is 121 Å². The molecule has 98 valence electrons. The van der Waals surface area contributed by atoms with Crippen molar-refractivity contribution in [3.05, 3.63) is 53.1 Å². The van der Waals surface area contributed by atoms with E-state index in [1.54, 1.807) is 37.4 Å². The first-order valence-electron chi connectivity index (χ1n) is 5.51. The molecule has 3 nitrogen and oxygen atoms in total. The maximum Gasteiger partial charge on any atom is 0.146 e. The molecule has 2 N–H and O–H groups in total. The second-order valence-electron chi connectivity index (χ2n) is 3.79. The molecule has 0 saturated carbocycles. The van der Waals surface area contributed by atoms with Crippen molar-refractivity contribution in [2.45, 2.75) is 0 Å². The van der Waals surface area contributed by atoms with Gasteiger partial charge in [0.25, 0.3) is 0 Å². The molecule has 0 saturated heterocycles. The molecule has 0 aliphatic carbocycles. The van der Waals surface area contributed by atoms with E-state index < -0.39 is 0 Å². The van der Waals surface area contributed by atoms with Crippen LogP contribution in [0.4, 0.5) is 0 Å². The molecule has 0 aromatic heterocycles. The van der Waals surface area contributed by atoms with Crippen molar-refractivity contribution in [1.82, 2.24) is 0 Å². The Hall–Kier alpha value is -1.78. The molecule has 0 amide bonds. The Bertz CT molecular complexity index is 599. The normalized spacial score (nSPS) is 10.0. The maximum absolute atomic E-state index is 6.12. The number of hydrogen-bond donors (Lipinski definition) is 1.